The first kappa shape index (κ1) is 23.9. The van der Waals surface area contributed by atoms with Gasteiger partial charge < -0.3 is 15.5 Å². The van der Waals surface area contributed by atoms with Crippen molar-refractivity contribution in [3.8, 4) is 23.3 Å². The van der Waals surface area contributed by atoms with E-state index in [1.807, 2.05) is 31.2 Å². The minimum absolute atomic E-state index is 0.290. The molecular formula is C27H27N7O. The van der Waals surface area contributed by atoms with E-state index in [1.54, 1.807) is 38.4 Å². The van der Waals surface area contributed by atoms with Gasteiger partial charge in [0.05, 0.1) is 22.7 Å². The Morgan fingerprint density at radius 3 is 2.60 bits per heavy atom. The van der Waals surface area contributed by atoms with Gasteiger partial charge in [0, 0.05) is 55.4 Å². The van der Waals surface area contributed by atoms with Gasteiger partial charge in [-0.05, 0) is 62.2 Å². The van der Waals surface area contributed by atoms with E-state index in [9.17, 15) is 15.3 Å². The lowest BCUT2D eigenvalue weighted by atomic mass is 9.90. The molecule has 2 N–H and O–H groups in total. The van der Waals surface area contributed by atoms with E-state index in [0.29, 0.717) is 28.3 Å². The Kier molecular flexibility index (Phi) is 6.77. The predicted octanol–water partition coefficient (Wildman–Crippen LogP) is 3.79. The number of aromatic nitrogens is 2. The van der Waals surface area contributed by atoms with Gasteiger partial charge in [-0.25, -0.2) is 4.98 Å². The molecule has 0 spiro atoms. The number of nitriles is 2. The van der Waals surface area contributed by atoms with Crippen LogP contribution in [0.1, 0.15) is 41.0 Å². The Morgan fingerprint density at radius 2 is 1.89 bits per heavy atom. The van der Waals surface area contributed by atoms with Crippen molar-refractivity contribution in [2.45, 2.75) is 26.2 Å². The van der Waals surface area contributed by atoms with Gasteiger partial charge in [0.15, 0.2) is 0 Å². The molecule has 0 radical (unpaired) electrons. The maximum absolute atomic E-state index is 12.9. The first-order valence-corrected chi connectivity index (χ1v) is 11.5. The van der Waals surface area contributed by atoms with Crippen LogP contribution in [0.2, 0.25) is 0 Å². The minimum Gasteiger partial charge on any atom is -0.353 e. The number of pyridine rings is 2. The molecule has 1 saturated heterocycles. The summed E-state index contributed by atoms with van der Waals surface area (Å²) in [5.41, 5.74) is 4.03. The number of rotatable bonds is 5. The van der Waals surface area contributed by atoms with Crippen molar-refractivity contribution in [2.24, 2.45) is 0 Å². The fraction of sp³-hybridized carbons (Fsp3) is 0.296. The maximum atomic E-state index is 12.9. The van der Waals surface area contributed by atoms with Gasteiger partial charge in [0.2, 0.25) is 0 Å². The van der Waals surface area contributed by atoms with Crippen LogP contribution in [0.25, 0.3) is 11.1 Å². The summed E-state index contributed by atoms with van der Waals surface area (Å²) < 4.78 is 0. The third-order valence-corrected chi connectivity index (χ3v) is 6.15. The zero-order valence-corrected chi connectivity index (χ0v) is 20.1. The summed E-state index contributed by atoms with van der Waals surface area (Å²) in [6.45, 7) is 8.86. The topological polar surface area (TPSA) is 118 Å². The van der Waals surface area contributed by atoms with E-state index in [-0.39, 0.29) is 5.91 Å². The molecular weight excluding hydrogens is 438 g/mol. The van der Waals surface area contributed by atoms with E-state index in [4.69, 9.17) is 0 Å². The smallest absolute Gasteiger partial charge is 0.255 e. The minimum atomic E-state index is -0.796. The van der Waals surface area contributed by atoms with Crippen molar-refractivity contribution < 1.29 is 4.79 Å². The van der Waals surface area contributed by atoms with Crippen molar-refractivity contribution in [3.05, 3.63) is 71.2 Å². The second-order valence-corrected chi connectivity index (χ2v) is 9.09. The lowest BCUT2D eigenvalue weighted by Gasteiger charge is -2.29. The van der Waals surface area contributed by atoms with Crippen molar-refractivity contribution in [2.75, 3.05) is 36.4 Å². The Bertz CT molecular complexity index is 1340. The molecule has 0 unspecified atom stereocenters. The second kappa shape index (κ2) is 9.92. The van der Waals surface area contributed by atoms with Crippen LogP contribution in [-0.2, 0) is 5.41 Å². The van der Waals surface area contributed by atoms with E-state index < -0.39 is 5.41 Å². The predicted molar refractivity (Wildman–Crippen MR) is 135 cm³/mol. The number of benzene rings is 1. The highest BCUT2D eigenvalue weighted by molar-refractivity contribution is 6.04. The van der Waals surface area contributed by atoms with E-state index >= 15 is 0 Å². The van der Waals surface area contributed by atoms with Crippen molar-refractivity contribution in [3.63, 3.8) is 0 Å². The lowest BCUT2D eigenvalue weighted by molar-refractivity contribution is 0.102. The summed E-state index contributed by atoms with van der Waals surface area (Å²) in [6.07, 6.45) is 3.32. The van der Waals surface area contributed by atoms with Gasteiger partial charge in [-0.3, -0.25) is 9.78 Å². The van der Waals surface area contributed by atoms with Crippen molar-refractivity contribution in [1.29, 1.82) is 10.5 Å². The Hall–Kier alpha value is -4.27. The third-order valence-electron chi connectivity index (χ3n) is 6.15. The number of carbonyl (C=O) groups is 1. The van der Waals surface area contributed by atoms with Crippen LogP contribution < -0.4 is 15.5 Å². The summed E-state index contributed by atoms with van der Waals surface area (Å²) in [4.78, 5) is 23.9. The molecule has 8 nitrogen and oxygen atoms in total. The monoisotopic (exact) mass is 465 g/mol. The summed E-state index contributed by atoms with van der Waals surface area (Å²) in [5, 5.41) is 25.4. The molecule has 176 valence electrons. The summed E-state index contributed by atoms with van der Waals surface area (Å²) in [6, 6.07) is 15.3. The molecule has 8 heteroatoms. The van der Waals surface area contributed by atoms with Crippen LogP contribution in [0, 0.1) is 29.6 Å². The van der Waals surface area contributed by atoms with Crippen LogP contribution >= 0.6 is 0 Å². The van der Waals surface area contributed by atoms with Gasteiger partial charge in [0.1, 0.15) is 11.9 Å². The molecule has 0 bridgehead atoms. The average Bonchev–Trinajstić information content (AvgIpc) is 2.90. The molecule has 1 amide bonds. The van der Waals surface area contributed by atoms with Crippen LogP contribution in [0.5, 0.6) is 0 Å². The fourth-order valence-corrected chi connectivity index (χ4v) is 4.00. The molecule has 1 aromatic carbocycles. The van der Waals surface area contributed by atoms with Gasteiger partial charge in [0.25, 0.3) is 5.91 Å². The normalized spacial score (nSPS) is 13.6. The molecule has 1 fully saturated rings. The maximum Gasteiger partial charge on any atom is 0.255 e. The van der Waals surface area contributed by atoms with Crippen molar-refractivity contribution >= 4 is 17.4 Å². The highest BCUT2D eigenvalue weighted by Crippen LogP contribution is 2.30. The van der Waals surface area contributed by atoms with Gasteiger partial charge >= 0.3 is 0 Å². The molecule has 0 saturated carbocycles. The molecule has 2 aromatic heterocycles. The Labute approximate surface area is 205 Å². The highest BCUT2D eigenvalue weighted by Gasteiger charge is 2.23. The Balaban J connectivity index is 1.60. The molecule has 0 atom stereocenters. The number of aryl methyl sites for hydroxylation is 1. The third kappa shape index (κ3) is 5.13. The molecule has 1 aliphatic rings. The van der Waals surface area contributed by atoms with Gasteiger partial charge in [-0.15, -0.1) is 0 Å². The number of carbonyl (C=O) groups excluding carboxylic acids is 1. The molecule has 3 heterocycles. The molecule has 1 aliphatic heterocycles. The summed E-state index contributed by atoms with van der Waals surface area (Å²) in [7, 11) is 0. The molecule has 4 rings (SSSR count). The van der Waals surface area contributed by atoms with E-state index in [2.05, 4.69) is 37.6 Å². The zero-order chi connectivity index (χ0) is 25.0. The number of nitrogens with one attached hydrogen (secondary N) is 2. The van der Waals surface area contributed by atoms with Crippen LogP contribution in [-0.4, -0.2) is 42.1 Å². The molecule has 0 aliphatic carbocycles. The van der Waals surface area contributed by atoms with Crippen molar-refractivity contribution in [1.82, 2.24) is 15.3 Å². The molecule has 3 aromatic rings. The summed E-state index contributed by atoms with van der Waals surface area (Å²) in [5.74, 6) is 0.413. The quantitative estimate of drug-likeness (QED) is 0.589. The summed E-state index contributed by atoms with van der Waals surface area (Å²) >= 11 is 0. The first-order chi connectivity index (χ1) is 16.8. The van der Waals surface area contributed by atoms with E-state index in [0.717, 1.165) is 42.9 Å². The fourth-order valence-electron chi connectivity index (χ4n) is 4.00. The highest BCUT2D eigenvalue weighted by atomic mass is 16.1. The Morgan fingerprint density at radius 1 is 1.11 bits per heavy atom. The first-order valence-electron chi connectivity index (χ1n) is 11.5. The standard InChI is InChI=1S/C27H27N7O/c1-18-4-5-22(33-26(35)19-6-7-31-24(13-19)27(2,3)17-29)14-23(18)21-12-20(15-28)25(32-16-21)34-10-8-30-9-11-34/h4-7,12-14,16,30H,8-11H2,1-3H3,(H,33,35). The largest absolute Gasteiger partial charge is 0.353 e. The van der Waals surface area contributed by atoms with Crippen LogP contribution in [0.3, 0.4) is 0 Å². The number of nitrogens with zero attached hydrogens (tertiary/aromatic N) is 5. The van der Waals surface area contributed by atoms with E-state index in [1.165, 1.54) is 0 Å². The lowest BCUT2D eigenvalue weighted by Crippen LogP contribution is -2.44. The number of hydrogen-bond acceptors (Lipinski definition) is 7. The van der Waals surface area contributed by atoms with Crippen LogP contribution in [0.4, 0.5) is 11.5 Å². The second-order valence-electron chi connectivity index (χ2n) is 9.09. The number of amides is 1. The van der Waals surface area contributed by atoms with Gasteiger partial charge in [-0.2, -0.15) is 10.5 Å². The van der Waals surface area contributed by atoms with Crippen LogP contribution in [0.15, 0.2) is 48.8 Å². The number of piperazine rings is 1. The number of anilines is 2. The SMILES string of the molecule is Cc1ccc(NC(=O)c2ccnc(C(C)(C)C#N)c2)cc1-c1cnc(N2CCNCC2)c(C#N)c1. The zero-order valence-electron chi connectivity index (χ0n) is 20.1. The average molecular weight is 466 g/mol. The molecule has 35 heavy (non-hydrogen) atoms. The number of hydrogen-bond donors (Lipinski definition) is 2. The van der Waals surface area contributed by atoms with Gasteiger partial charge in [-0.1, -0.05) is 6.07 Å².